The maximum Gasteiger partial charge on any atom is 0.303 e. The van der Waals surface area contributed by atoms with Gasteiger partial charge in [-0.05, 0) is 66.3 Å². The fourth-order valence-electron chi connectivity index (χ4n) is 3.66. The highest BCUT2D eigenvalue weighted by Crippen LogP contribution is 2.27. The Labute approximate surface area is 200 Å². The maximum absolute atomic E-state index is 12.9. The van der Waals surface area contributed by atoms with Gasteiger partial charge in [-0.1, -0.05) is 36.4 Å². The minimum Gasteiger partial charge on any atom is -0.497 e. The van der Waals surface area contributed by atoms with Gasteiger partial charge < -0.3 is 14.7 Å². The number of hydrogen-bond acceptors (Lipinski definition) is 4. The van der Waals surface area contributed by atoms with Gasteiger partial charge in [0, 0.05) is 43.5 Å². The molecule has 0 atom stereocenters. The van der Waals surface area contributed by atoms with Crippen LogP contribution in [0.5, 0.6) is 5.75 Å². The van der Waals surface area contributed by atoms with Gasteiger partial charge in [0.15, 0.2) is 0 Å². The molecule has 0 aliphatic heterocycles. The van der Waals surface area contributed by atoms with Crippen molar-refractivity contribution in [3.63, 3.8) is 0 Å². The number of methoxy groups -OCH3 is 1. The Balaban J connectivity index is 1.74. The van der Waals surface area contributed by atoms with Crippen molar-refractivity contribution >= 4 is 23.1 Å². The van der Waals surface area contributed by atoms with E-state index in [9.17, 15) is 9.59 Å². The molecular weight excluding hydrogens is 428 g/mol. The van der Waals surface area contributed by atoms with Gasteiger partial charge in [-0.25, -0.2) is 0 Å². The number of unbranched alkanes of at least 4 members (excludes halogenated alkanes) is 1. The molecule has 0 saturated heterocycles. The van der Waals surface area contributed by atoms with Gasteiger partial charge in [0.05, 0.1) is 7.11 Å². The van der Waals surface area contributed by atoms with Crippen LogP contribution in [0.2, 0.25) is 0 Å². The monoisotopic (exact) mass is 458 g/mol. The van der Waals surface area contributed by atoms with Crippen molar-refractivity contribution in [3.05, 3.63) is 95.8 Å². The zero-order valence-electron chi connectivity index (χ0n) is 19.6. The van der Waals surface area contributed by atoms with Crippen molar-refractivity contribution < 1.29 is 19.4 Å². The summed E-state index contributed by atoms with van der Waals surface area (Å²) in [7, 11) is 3.42. The number of carbonyl (C=O) groups excluding carboxylic acids is 1. The first kappa shape index (κ1) is 24.7. The number of benzene rings is 2. The number of rotatable bonds is 11. The molecule has 0 spiro atoms. The van der Waals surface area contributed by atoms with Gasteiger partial charge in [0.1, 0.15) is 5.75 Å². The normalized spacial score (nSPS) is 11.2. The van der Waals surface area contributed by atoms with Crippen molar-refractivity contribution in [3.8, 4) is 5.75 Å². The van der Waals surface area contributed by atoms with Crippen molar-refractivity contribution in [2.45, 2.75) is 32.1 Å². The molecule has 1 aromatic heterocycles. The number of aliphatic carboxylic acids is 1. The van der Waals surface area contributed by atoms with Gasteiger partial charge in [0.25, 0.3) is 0 Å². The zero-order chi connectivity index (χ0) is 24.3. The average Bonchev–Trinajstić information content (AvgIpc) is 2.87. The van der Waals surface area contributed by atoms with Gasteiger partial charge in [-0.15, -0.1) is 0 Å². The molecule has 0 fully saturated rings. The van der Waals surface area contributed by atoms with Gasteiger partial charge in [-0.2, -0.15) is 0 Å². The second-order valence-corrected chi connectivity index (χ2v) is 8.00. The molecule has 34 heavy (non-hydrogen) atoms. The number of carboxylic acid groups (broad SMARTS) is 1. The molecule has 2 aromatic carbocycles. The van der Waals surface area contributed by atoms with Crippen molar-refractivity contribution in [2.24, 2.45) is 0 Å². The second-order valence-electron chi connectivity index (χ2n) is 8.00. The molecule has 6 heteroatoms. The van der Waals surface area contributed by atoms with Crippen LogP contribution < -0.4 is 9.64 Å². The van der Waals surface area contributed by atoms with Crippen LogP contribution in [0.25, 0.3) is 5.57 Å². The first-order valence-electron chi connectivity index (χ1n) is 11.3. The van der Waals surface area contributed by atoms with Crippen LogP contribution in [-0.2, 0) is 16.0 Å². The summed E-state index contributed by atoms with van der Waals surface area (Å²) in [5.74, 6) is 0.0267. The largest absolute Gasteiger partial charge is 0.497 e. The van der Waals surface area contributed by atoms with E-state index in [1.807, 2.05) is 66.7 Å². The molecule has 0 aliphatic rings. The summed E-state index contributed by atoms with van der Waals surface area (Å²) in [6.45, 7) is 0. The molecule has 0 bridgehead atoms. The van der Waals surface area contributed by atoms with E-state index < -0.39 is 5.97 Å². The molecule has 0 saturated carbocycles. The third-order valence-electron chi connectivity index (χ3n) is 5.62. The van der Waals surface area contributed by atoms with Crippen molar-refractivity contribution in [1.29, 1.82) is 0 Å². The van der Waals surface area contributed by atoms with E-state index >= 15 is 0 Å². The van der Waals surface area contributed by atoms with Gasteiger partial charge in [-0.3, -0.25) is 14.6 Å². The summed E-state index contributed by atoms with van der Waals surface area (Å²) in [4.78, 5) is 29.7. The molecule has 1 N–H and O–H groups in total. The third kappa shape index (κ3) is 7.04. The second kappa shape index (κ2) is 12.3. The Morgan fingerprint density at radius 1 is 1.03 bits per heavy atom. The molecule has 1 amide bonds. The molecule has 0 unspecified atom stereocenters. The predicted molar refractivity (Wildman–Crippen MR) is 134 cm³/mol. The summed E-state index contributed by atoms with van der Waals surface area (Å²) in [6, 6.07) is 19.4. The highest BCUT2D eigenvalue weighted by Gasteiger charge is 2.13. The van der Waals surface area contributed by atoms with E-state index in [0.717, 1.165) is 33.7 Å². The van der Waals surface area contributed by atoms with Gasteiger partial charge in [0.2, 0.25) is 5.91 Å². The summed E-state index contributed by atoms with van der Waals surface area (Å²) >= 11 is 0. The summed E-state index contributed by atoms with van der Waals surface area (Å²) < 4.78 is 5.18. The zero-order valence-corrected chi connectivity index (χ0v) is 19.6. The lowest BCUT2D eigenvalue weighted by atomic mass is 9.97. The number of pyridine rings is 1. The fraction of sp³-hybridized carbons (Fsp3) is 0.250. The van der Waals surface area contributed by atoms with Gasteiger partial charge >= 0.3 is 5.97 Å². The number of carboxylic acids is 1. The molecule has 0 radical (unpaired) electrons. The Hall–Kier alpha value is -3.93. The standard InChI is InChI=1S/C28H30N2O4/c1-30(27(31)17-14-21-12-15-25(34-2)16-13-21)24-9-5-7-22(19-24)26(10-3-4-11-28(32)33)23-8-6-18-29-20-23/h5-10,12-13,15-16,18-20H,3-4,11,14,17H2,1-2H3,(H,32,33). The van der Waals surface area contributed by atoms with Crippen LogP contribution in [0.4, 0.5) is 5.69 Å². The van der Waals surface area contributed by atoms with Crippen molar-refractivity contribution in [1.82, 2.24) is 4.98 Å². The number of allylic oxidation sites excluding steroid dienone is 1. The Bertz CT molecular complexity index is 1120. The first-order chi connectivity index (χ1) is 16.5. The number of hydrogen-bond donors (Lipinski definition) is 1. The molecule has 6 nitrogen and oxygen atoms in total. The van der Waals surface area contributed by atoms with Crippen LogP contribution >= 0.6 is 0 Å². The van der Waals surface area contributed by atoms with E-state index in [4.69, 9.17) is 9.84 Å². The van der Waals surface area contributed by atoms with Crippen LogP contribution in [-0.4, -0.2) is 36.1 Å². The van der Waals surface area contributed by atoms with Crippen LogP contribution in [0.1, 0.15) is 42.4 Å². The molecular formula is C28H30N2O4. The third-order valence-corrected chi connectivity index (χ3v) is 5.62. The van der Waals surface area contributed by atoms with Crippen LogP contribution in [0, 0.1) is 0 Å². The smallest absolute Gasteiger partial charge is 0.303 e. The van der Waals surface area contributed by atoms with E-state index in [-0.39, 0.29) is 12.3 Å². The first-order valence-corrected chi connectivity index (χ1v) is 11.3. The van der Waals surface area contributed by atoms with E-state index in [0.29, 0.717) is 25.7 Å². The molecule has 3 rings (SSSR count). The lowest BCUT2D eigenvalue weighted by Gasteiger charge is -2.19. The quantitative estimate of drug-likeness (QED) is 0.391. The Morgan fingerprint density at radius 2 is 1.79 bits per heavy atom. The van der Waals surface area contributed by atoms with Crippen LogP contribution in [0.15, 0.2) is 79.1 Å². The highest BCUT2D eigenvalue weighted by molar-refractivity contribution is 5.94. The molecule has 3 aromatic rings. The fourth-order valence-corrected chi connectivity index (χ4v) is 3.66. The number of aromatic nitrogens is 1. The number of amides is 1. The summed E-state index contributed by atoms with van der Waals surface area (Å²) in [5.41, 5.74) is 4.76. The lowest BCUT2D eigenvalue weighted by Crippen LogP contribution is -2.26. The SMILES string of the molecule is COc1ccc(CCC(=O)N(C)c2cccc(C(=CCCCC(=O)O)c3cccnc3)c2)cc1. The molecule has 0 aliphatic carbocycles. The topological polar surface area (TPSA) is 79.7 Å². The minimum absolute atomic E-state index is 0.0290. The summed E-state index contributed by atoms with van der Waals surface area (Å²) in [6.07, 6.45) is 7.92. The molecule has 1 heterocycles. The lowest BCUT2D eigenvalue weighted by molar-refractivity contribution is -0.137. The van der Waals surface area contributed by atoms with E-state index in [1.165, 1.54) is 0 Å². The molecule has 176 valence electrons. The van der Waals surface area contributed by atoms with Crippen LogP contribution in [0.3, 0.4) is 0 Å². The highest BCUT2D eigenvalue weighted by atomic mass is 16.5. The van der Waals surface area contributed by atoms with E-state index in [1.54, 1.807) is 31.5 Å². The Morgan fingerprint density at radius 3 is 2.47 bits per heavy atom. The van der Waals surface area contributed by atoms with E-state index in [2.05, 4.69) is 4.98 Å². The summed E-state index contributed by atoms with van der Waals surface area (Å²) in [5, 5.41) is 8.93. The number of ether oxygens (including phenoxy) is 1. The minimum atomic E-state index is -0.798. The number of carbonyl (C=O) groups is 2. The van der Waals surface area contributed by atoms with Crippen molar-refractivity contribution in [2.75, 3.05) is 19.1 Å². The number of anilines is 1. The number of nitrogens with zero attached hydrogens (tertiary/aromatic N) is 2. The predicted octanol–water partition coefficient (Wildman–Crippen LogP) is 5.37. The Kier molecular flexibility index (Phi) is 8.97. The average molecular weight is 459 g/mol. The maximum atomic E-state index is 12.9. The number of aryl methyl sites for hydroxylation is 1.